The molecule has 1 aliphatic heterocycles. The van der Waals surface area contributed by atoms with Crippen LogP contribution in [0.5, 0.6) is 0 Å². The molecule has 0 radical (unpaired) electrons. The zero-order valence-corrected chi connectivity index (χ0v) is 17.2. The molecule has 3 rings (SSSR count). The van der Waals surface area contributed by atoms with Gasteiger partial charge in [0.15, 0.2) is 0 Å². The van der Waals surface area contributed by atoms with Gasteiger partial charge in [0.2, 0.25) is 21.7 Å². The Morgan fingerprint density at radius 1 is 1.17 bits per heavy atom. The number of nitrogens with one attached hydrogen (secondary N) is 1. The Morgan fingerprint density at radius 2 is 1.86 bits per heavy atom. The first kappa shape index (κ1) is 21.0. The number of amides is 1. The SMILES string of the molecule is CCCNC(=O)CN1CCN(c2ncc(S(=O)(=O)c3ccccc3)c(N)n2)CC1. The van der Waals surface area contributed by atoms with Crippen molar-refractivity contribution in [2.75, 3.05) is 49.9 Å². The second kappa shape index (κ2) is 9.19. The molecule has 1 amide bonds. The highest BCUT2D eigenvalue weighted by molar-refractivity contribution is 7.91. The maximum atomic E-state index is 12.7. The molecule has 0 saturated carbocycles. The predicted molar refractivity (Wildman–Crippen MR) is 110 cm³/mol. The second-order valence-corrected chi connectivity index (χ2v) is 8.77. The minimum absolute atomic E-state index is 0.0243. The van der Waals surface area contributed by atoms with Crippen LogP contribution in [0.3, 0.4) is 0 Å². The van der Waals surface area contributed by atoms with Gasteiger partial charge in [0.25, 0.3) is 0 Å². The number of hydrogen-bond donors (Lipinski definition) is 2. The Balaban J connectivity index is 1.65. The van der Waals surface area contributed by atoms with Crippen LogP contribution < -0.4 is 16.0 Å². The number of carbonyl (C=O) groups excluding carboxylic acids is 1. The maximum absolute atomic E-state index is 12.7. The van der Waals surface area contributed by atoms with E-state index in [9.17, 15) is 13.2 Å². The molecular formula is C19H26N6O3S. The number of rotatable bonds is 7. The summed E-state index contributed by atoms with van der Waals surface area (Å²) in [5, 5.41) is 2.87. The van der Waals surface area contributed by atoms with Crippen LogP contribution in [0.2, 0.25) is 0 Å². The summed E-state index contributed by atoms with van der Waals surface area (Å²) in [6.07, 6.45) is 2.18. The first-order chi connectivity index (χ1) is 13.9. The quantitative estimate of drug-likeness (QED) is 0.668. The molecule has 9 nitrogen and oxygen atoms in total. The number of sulfone groups is 1. The molecule has 0 aliphatic carbocycles. The summed E-state index contributed by atoms with van der Waals surface area (Å²) in [5.74, 6) is 0.348. The summed E-state index contributed by atoms with van der Waals surface area (Å²) < 4.78 is 25.5. The van der Waals surface area contributed by atoms with Gasteiger partial charge >= 0.3 is 0 Å². The Labute approximate surface area is 170 Å². The fourth-order valence-corrected chi connectivity index (χ4v) is 4.37. The summed E-state index contributed by atoms with van der Waals surface area (Å²) in [7, 11) is -3.77. The second-order valence-electron chi connectivity index (χ2n) is 6.85. The summed E-state index contributed by atoms with van der Waals surface area (Å²) in [6, 6.07) is 8.08. The number of carbonyl (C=O) groups is 1. The molecule has 0 atom stereocenters. The van der Waals surface area contributed by atoms with Gasteiger partial charge < -0.3 is 16.0 Å². The highest BCUT2D eigenvalue weighted by Crippen LogP contribution is 2.25. The van der Waals surface area contributed by atoms with E-state index in [1.54, 1.807) is 18.2 Å². The van der Waals surface area contributed by atoms with Crippen LogP contribution in [0.15, 0.2) is 46.3 Å². The van der Waals surface area contributed by atoms with E-state index in [0.717, 1.165) is 6.42 Å². The number of aromatic nitrogens is 2. The third-order valence-electron chi connectivity index (χ3n) is 4.71. The van der Waals surface area contributed by atoms with Gasteiger partial charge in [-0.05, 0) is 18.6 Å². The summed E-state index contributed by atoms with van der Waals surface area (Å²) >= 11 is 0. The van der Waals surface area contributed by atoms with Crippen LogP contribution in [0.4, 0.5) is 11.8 Å². The molecular weight excluding hydrogens is 392 g/mol. The van der Waals surface area contributed by atoms with E-state index in [-0.39, 0.29) is 21.5 Å². The first-order valence-electron chi connectivity index (χ1n) is 9.58. The number of piperazine rings is 1. The number of nitrogen functional groups attached to an aromatic ring is 1. The number of benzene rings is 1. The van der Waals surface area contributed by atoms with Gasteiger partial charge in [-0.2, -0.15) is 4.98 Å². The number of nitrogens with two attached hydrogens (primary N) is 1. The third kappa shape index (κ3) is 5.01. The summed E-state index contributed by atoms with van der Waals surface area (Å²) in [6.45, 7) is 5.70. The topological polar surface area (TPSA) is 122 Å². The van der Waals surface area contributed by atoms with Crippen LogP contribution >= 0.6 is 0 Å². The van der Waals surface area contributed by atoms with Crippen LogP contribution in [-0.2, 0) is 14.6 Å². The van der Waals surface area contributed by atoms with E-state index in [0.29, 0.717) is 45.2 Å². The first-order valence-corrected chi connectivity index (χ1v) is 11.1. The lowest BCUT2D eigenvalue weighted by molar-refractivity contribution is -0.122. The fraction of sp³-hybridized carbons (Fsp3) is 0.421. The standard InChI is InChI=1S/C19H26N6O3S/c1-2-8-21-17(26)14-24-9-11-25(12-10-24)19-22-13-16(18(20)23-19)29(27,28)15-6-4-3-5-7-15/h3-7,13H,2,8-12,14H2,1H3,(H,21,26)(H2,20,22,23). The predicted octanol–water partition coefficient (Wildman–Crippen LogP) is 0.540. The molecule has 156 valence electrons. The minimum atomic E-state index is -3.77. The highest BCUT2D eigenvalue weighted by atomic mass is 32.2. The number of anilines is 2. The fourth-order valence-electron chi connectivity index (χ4n) is 3.09. The van der Waals surface area contributed by atoms with Gasteiger partial charge in [0.1, 0.15) is 10.7 Å². The monoisotopic (exact) mass is 418 g/mol. The van der Waals surface area contributed by atoms with Gasteiger partial charge in [-0.25, -0.2) is 13.4 Å². The van der Waals surface area contributed by atoms with E-state index in [2.05, 4.69) is 20.2 Å². The van der Waals surface area contributed by atoms with Crippen molar-refractivity contribution >= 4 is 27.5 Å². The van der Waals surface area contributed by atoms with Gasteiger partial charge in [-0.15, -0.1) is 0 Å². The zero-order valence-electron chi connectivity index (χ0n) is 16.4. The van der Waals surface area contributed by atoms with Crippen molar-refractivity contribution in [1.29, 1.82) is 0 Å². The van der Waals surface area contributed by atoms with E-state index < -0.39 is 9.84 Å². The zero-order chi connectivity index (χ0) is 20.9. The van der Waals surface area contributed by atoms with Crippen LogP contribution in [0, 0.1) is 0 Å². The molecule has 1 aromatic heterocycles. The van der Waals surface area contributed by atoms with E-state index >= 15 is 0 Å². The summed E-state index contributed by atoms with van der Waals surface area (Å²) in [4.78, 5) is 24.4. The molecule has 2 heterocycles. The number of nitrogens with zero attached hydrogens (tertiary/aromatic N) is 4. The van der Waals surface area contributed by atoms with Crippen molar-refractivity contribution in [2.24, 2.45) is 0 Å². The van der Waals surface area contributed by atoms with Crippen molar-refractivity contribution in [3.8, 4) is 0 Å². The van der Waals surface area contributed by atoms with Gasteiger partial charge in [0.05, 0.1) is 17.6 Å². The smallest absolute Gasteiger partial charge is 0.234 e. The Hall–Kier alpha value is -2.72. The Morgan fingerprint density at radius 3 is 2.48 bits per heavy atom. The lowest BCUT2D eigenvalue weighted by Crippen LogP contribution is -2.50. The summed E-state index contributed by atoms with van der Waals surface area (Å²) in [5.41, 5.74) is 5.97. The molecule has 1 saturated heterocycles. The van der Waals surface area contributed by atoms with Crippen molar-refractivity contribution in [1.82, 2.24) is 20.2 Å². The van der Waals surface area contributed by atoms with E-state index in [1.165, 1.54) is 18.3 Å². The molecule has 0 spiro atoms. The molecule has 1 fully saturated rings. The van der Waals surface area contributed by atoms with Gasteiger partial charge in [0, 0.05) is 32.7 Å². The molecule has 29 heavy (non-hydrogen) atoms. The Kier molecular flexibility index (Phi) is 6.65. The van der Waals surface area contributed by atoms with Gasteiger partial charge in [-0.3, -0.25) is 9.69 Å². The molecule has 3 N–H and O–H groups in total. The van der Waals surface area contributed by atoms with Crippen molar-refractivity contribution in [2.45, 2.75) is 23.1 Å². The molecule has 1 aliphatic rings. The minimum Gasteiger partial charge on any atom is -0.382 e. The number of hydrogen-bond acceptors (Lipinski definition) is 8. The maximum Gasteiger partial charge on any atom is 0.234 e. The lowest BCUT2D eigenvalue weighted by Gasteiger charge is -2.34. The lowest BCUT2D eigenvalue weighted by atomic mass is 10.3. The van der Waals surface area contributed by atoms with Crippen LogP contribution in [-0.4, -0.2) is 68.5 Å². The molecule has 2 aromatic rings. The van der Waals surface area contributed by atoms with Crippen molar-refractivity contribution in [3.63, 3.8) is 0 Å². The average Bonchev–Trinajstić information content (AvgIpc) is 2.73. The van der Waals surface area contributed by atoms with Crippen molar-refractivity contribution in [3.05, 3.63) is 36.5 Å². The van der Waals surface area contributed by atoms with Gasteiger partial charge in [-0.1, -0.05) is 25.1 Å². The largest absolute Gasteiger partial charge is 0.382 e. The van der Waals surface area contributed by atoms with Crippen LogP contribution in [0.25, 0.3) is 0 Å². The molecule has 0 bridgehead atoms. The van der Waals surface area contributed by atoms with E-state index in [4.69, 9.17) is 5.73 Å². The third-order valence-corrected chi connectivity index (χ3v) is 6.49. The van der Waals surface area contributed by atoms with Crippen LogP contribution in [0.1, 0.15) is 13.3 Å². The molecule has 10 heteroatoms. The molecule has 0 unspecified atom stereocenters. The Bertz CT molecular complexity index is 944. The average molecular weight is 419 g/mol. The normalized spacial score (nSPS) is 15.3. The highest BCUT2D eigenvalue weighted by Gasteiger charge is 2.25. The molecule has 1 aromatic carbocycles. The van der Waals surface area contributed by atoms with Crippen molar-refractivity contribution < 1.29 is 13.2 Å². The van der Waals surface area contributed by atoms with E-state index in [1.807, 2.05) is 11.8 Å².